The monoisotopic (exact) mass is 317 g/mol. The van der Waals surface area contributed by atoms with Crippen LogP contribution in [0.4, 0.5) is 0 Å². The van der Waals surface area contributed by atoms with Crippen LogP contribution in [0.15, 0.2) is 24.3 Å². The van der Waals surface area contributed by atoms with E-state index in [1.54, 1.807) is 0 Å². The van der Waals surface area contributed by atoms with E-state index in [-0.39, 0.29) is 6.42 Å². The highest BCUT2D eigenvalue weighted by Gasteiger charge is 2.45. The summed E-state index contributed by atoms with van der Waals surface area (Å²) < 4.78 is 0. The quantitative estimate of drug-likeness (QED) is 0.680. The van der Waals surface area contributed by atoms with Crippen LogP contribution in [0.3, 0.4) is 0 Å². The van der Waals surface area contributed by atoms with E-state index in [4.69, 9.17) is 5.11 Å². The van der Waals surface area contributed by atoms with Gasteiger partial charge in [0.05, 0.1) is 18.6 Å². The number of fused-ring (bicyclic) bond motifs is 3. The molecule has 0 saturated carbocycles. The van der Waals surface area contributed by atoms with Gasteiger partial charge in [0.15, 0.2) is 0 Å². The van der Waals surface area contributed by atoms with E-state index < -0.39 is 30.0 Å². The Balaban J connectivity index is 2.10. The summed E-state index contributed by atoms with van der Waals surface area (Å²) in [5.74, 6) is -1.66. The Bertz CT molecular complexity index is 723. The summed E-state index contributed by atoms with van der Waals surface area (Å²) in [4.78, 5) is 15.3. The molecule has 0 radical (unpaired) electrons. The first kappa shape index (κ1) is 16.0. The Kier molecular flexibility index (Phi) is 4.17. The summed E-state index contributed by atoms with van der Waals surface area (Å²) in [7, 11) is 0. The summed E-state index contributed by atoms with van der Waals surface area (Å²) in [5, 5.41) is 29.8. The van der Waals surface area contributed by atoms with Crippen molar-refractivity contribution in [2.75, 3.05) is 6.61 Å². The number of rotatable bonds is 5. The maximum Gasteiger partial charge on any atom is 0.307 e. The normalized spacial score (nSPS) is 23.4. The lowest BCUT2D eigenvalue weighted by atomic mass is 9.65. The van der Waals surface area contributed by atoms with E-state index in [0.29, 0.717) is 0 Å². The predicted molar refractivity (Wildman–Crippen MR) is 87.4 cm³/mol. The average Bonchev–Trinajstić information content (AvgIpc) is 2.92. The third-order valence-electron chi connectivity index (χ3n) is 5.29. The number of hydrogen-bond acceptors (Lipinski definition) is 3. The van der Waals surface area contributed by atoms with Crippen molar-refractivity contribution < 1.29 is 20.1 Å². The van der Waals surface area contributed by atoms with E-state index in [1.807, 2.05) is 25.1 Å². The molecule has 0 bridgehead atoms. The third-order valence-corrected chi connectivity index (χ3v) is 5.29. The van der Waals surface area contributed by atoms with Crippen molar-refractivity contribution in [3.63, 3.8) is 0 Å². The second-order valence-corrected chi connectivity index (χ2v) is 6.76. The minimum atomic E-state index is -1.01. The van der Waals surface area contributed by atoms with E-state index >= 15 is 0 Å². The number of nitrogens with one attached hydrogen (secondary N) is 1. The van der Waals surface area contributed by atoms with Crippen LogP contribution < -0.4 is 0 Å². The van der Waals surface area contributed by atoms with Crippen molar-refractivity contribution in [3.05, 3.63) is 35.5 Å². The molecule has 2 aromatic rings. The Morgan fingerprint density at radius 2 is 2.13 bits per heavy atom. The average molecular weight is 317 g/mol. The van der Waals surface area contributed by atoms with Crippen molar-refractivity contribution in [2.24, 2.45) is 5.92 Å². The van der Waals surface area contributed by atoms with Crippen molar-refractivity contribution >= 4 is 16.9 Å². The number of benzene rings is 1. The molecule has 3 unspecified atom stereocenters. The van der Waals surface area contributed by atoms with Crippen molar-refractivity contribution in [2.45, 2.75) is 44.1 Å². The van der Waals surface area contributed by atoms with Crippen LogP contribution in [0, 0.1) is 5.92 Å². The highest BCUT2D eigenvalue weighted by molar-refractivity contribution is 5.86. The summed E-state index contributed by atoms with van der Waals surface area (Å²) in [6.07, 6.45) is 1.65. The smallest absolute Gasteiger partial charge is 0.307 e. The molecular weight excluding hydrogens is 294 g/mol. The zero-order valence-electron chi connectivity index (χ0n) is 13.2. The van der Waals surface area contributed by atoms with E-state index in [1.165, 1.54) is 5.56 Å². The lowest BCUT2D eigenvalue weighted by molar-refractivity contribution is -0.146. The van der Waals surface area contributed by atoms with Gasteiger partial charge in [-0.05, 0) is 37.3 Å². The number of aromatic nitrogens is 1. The molecule has 3 rings (SSSR count). The lowest BCUT2D eigenvalue weighted by Crippen LogP contribution is -2.42. The molecule has 3 atom stereocenters. The second kappa shape index (κ2) is 5.98. The van der Waals surface area contributed by atoms with Crippen molar-refractivity contribution in [1.82, 2.24) is 4.98 Å². The fourth-order valence-corrected chi connectivity index (χ4v) is 4.03. The van der Waals surface area contributed by atoms with Gasteiger partial charge in [0.1, 0.15) is 0 Å². The van der Waals surface area contributed by atoms with Gasteiger partial charge in [0, 0.05) is 22.0 Å². The molecule has 1 heterocycles. The zero-order chi connectivity index (χ0) is 16.6. The lowest BCUT2D eigenvalue weighted by Gasteiger charge is -2.39. The molecule has 0 fully saturated rings. The van der Waals surface area contributed by atoms with Gasteiger partial charge in [-0.15, -0.1) is 0 Å². The van der Waals surface area contributed by atoms with E-state index in [2.05, 4.69) is 11.1 Å². The molecule has 5 nitrogen and oxygen atoms in total. The van der Waals surface area contributed by atoms with Gasteiger partial charge in [0.25, 0.3) is 0 Å². The fraction of sp³-hybridized carbons (Fsp3) is 0.500. The molecule has 1 aliphatic rings. The number of aliphatic hydroxyl groups excluding tert-OH is 2. The molecule has 1 aliphatic carbocycles. The maximum atomic E-state index is 11.9. The summed E-state index contributed by atoms with van der Waals surface area (Å²) >= 11 is 0. The van der Waals surface area contributed by atoms with Crippen LogP contribution in [-0.2, 0) is 16.6 Å². The van der Waals surface area contributed by atoms with E-state index in [9.17, 15) is 15.0 Å². The first-order chi connectivity index (χ1) is 11.0. The topological polar surface area (TPSA) is 93.6 Å². The summed E-state index contributed by atoms with van der Waals surface area (Å²) in [6, 6.07) is 8.03. The van der Waals surface area contributed by atoms with Crippen LogP contribution in [0.5, 0.6) is 0 Å². The van der Waals surface area contributed by atoms with Crippen LogP contribution >= 0.6 is 0 Å². The SMILES string of the molecule is CC1(C(CC(O)CO)C(=O)O)CCCc2c1[nH]c1ccccc21. The number of para-hydroxylation sites is 1. The number of carboxylic acid groups (broad SMARTS) is 1. The fourth-order valence-electron chi connectivity index (χ4n) is 4.03. The Morgan fingerprint density at radius 1 is 1.39 bits per heavy atom. The van der Waals surface area contributed by atoms with Gasteiger partial charge in [-0.3, -0.25) is 4.79 Å². The van der Waals surface area contributed by atoms with Gasteiger partial charge < -0.3 is 20.3 Å². The molecule has 0 spiro atoms. The summed E-state index contributed by atoms with van der Waals surface area (Å²) in [5.41, 5.74) is 2.62. The molecular formula is C18H23NO4. The standard InChI is InChI=1S/C18H23NO4/c1-18(14(17(22)23)9-11(21)10-20)8-4-6-13-12-5-2-3-7-15(12)19-16(13)18/h2-3,5,7,11,14,19-21H,4,6,8-10H2,1H3,(H,22,23). The number of H-pyrrole nitrogens is 1. The first-order valence-electron chi connectivity index (χ1n) is 8.09. The van der Waals surface area contributed by atoms with Gasteiger partial charge in [-0.1, -0.05) is 25.1 Å². The van der Waals surface area contributed by atoms with Crippen molar-refractivity contribution in [1.29, 1.82) is 0 Å². The molecule has 5 heteroatoms. The van der Waals surface area contributed by atoms with Gasteiger partial charge in [0.2, 0.25) is 0 Å². The second-order valence-electron chi connectivity index (χ2n) is 6.76. The van der Waals surface area contributed by atoms with Crippen LogP contribution in [0.2, 0.25) is 0 Å². The minimum Gasteiger partial charge on any atom is -0.481 e. The predicted octanol–water partition coefficient (Wildman–Crippen LogP) is 2.21. The Labute approximate surface area is 135 Å². The highest BCUT2D eigenvalue weighted by atomic mass is 16.4. The molecule has 4 N–H and O–H groups in total. The highest BCUT2D eigenvalue weighted by Crippen LogP contribution is 2.46. The van der Waals surface area contributed by atoms with E-state index in [0.717, 1.165) is 35.9 Å². The first-order valence-corrected chi connectivity index (χ1v) is 8.09. The molecule has 0 amide bonds. The van der Waals surface area contributed by atoms with Crippen LogP contribution in [0.1, 0.15) is 37.4 Å². The molecule has 0 saturated heterocycles. The van der Waals surface area contributed by atoms with Crippen LogP contribution in [0.25, 0.3) is 10.9 Å². The molecule has 1 aromatic carbocycles. The number of aryl methyl sites for hydroxylation is 1. The number of aliphatic hydroxyl groups is 2. The van der Waals surface area contributed by atoms with Gasteiger partial charge in [-0.2, -0.15) is 0 Å². The number of carbonyl (C=O) groups is 1. The van der Waals surface area contributed by atoms with Crippen molar-refractivity contribution in [3.8, 4) is 0 Å². The largest absolute Gasteiger partial charge is 0.481 e. The third kappa shape index (κ3) is 2.64. The zero-order valence-corrected chi connectivity index (χ0v) is 13.2. The minimum absolute atomic E-state index is 0.0527. The molecule has 124 valence electrons. The van der Waals surface area contributed by atoms with Gasteiger partial charge >= 0.3 is 5.97 Å². The Morgan fingerprint density at radius 3 is 2.83 bits per heavy atom. The number of carboxylic acids is 1. The molecule has 23 heavy (non-hydrogen) atoms. The molecule has 0 aliphatic heterocycles. The summed E-state index contributed by atoms with van der Waals surface area (Å²) in [6.45, 7) is 1.54. The Hall–Kier alpha value is -1.85. The number of aliphatic carboxylic acids is 1. The number of hydrogen-bond donors (Lipinski definition) is 4. The number of aromatic amines is 1. The van der Waals surface area contributed by atoms with Gasteiger partial charge in [-0.25, -0.2) is 0 Å². The van der Waals surface area contributed by atoms with Crippen LogP contribution in [-0.4, -0.2) is 39.0 Å². The molecule has 1 aromatic heterocycles. The maximum absolute atomic E-state index is 11.9.